The number of nitriles is 1. The molecule has 0 aliphatic rings. The van der Waals surface area contributed by atoms with E-state index < -0.39 is 5.82 Å². The van der Waals surface area contributed by atoms with Crippen molar-refractivity contribution in [1.82, 2.24) is 5.32 Å². The van der Waals surface area contributed by atoms with Crippen molar-refractivity contribution >= 4 is 34.5 Å². The Morgan fingerprint density at radius 2 is 1.91 bits per heavy atom. The molecule has 0 saturated heterocycles. The summed E-state index contributed by atoms with van der Waals surface area (Å²) in [5.41, 5.74) is 1.31. The van der Waals surface area contributed by atoms with E-state index in [9.17, 15) is 14.0 Å². The van der Waals surface area contributed by atoms with Crippen molar-refractivity contribution < 1.29 is 14.0 Å². The van der Waals surface area contributed by atoms with Crippen LogP contribution >= 0.6 is 11.3 Å². The van der Waals surface area contributed by atoms with E-state index in [4.69, 9.17) is 5.26 Å². The minimum atomic E-state index is -0.591. The Morgan fingerprint density at radius 3 is 2.69 bits per heavy atom. The van der Waals surface area contributed by atoms with E-state index in [1.54, 1.807) is 41.7 Å². The first-order chi connectivity index (χ1) is 15.6. The second-order valence-electron chi connectivity index (χ2n) is 7.02. The molecule has 0 fully saturated rings. The SMILES string of the molecule is N#Cc1c(F)cccc1NCCNC(=O)c1cccc(NC(=O)CCCc2cccs2)c1. The monoisotopic (exact) mass is 450 g/mol. The number of amides is 2. The van der Waals surface area contributed by atoms with Crippen molar-refractivity contribution in [3.8, 4) is 6.07 Å². The predicted octanol–water partition coefficient (Wildman–Crippen LogP) is 4.56. The maximum absolute atomic E-state index is 13.6. The zero-order valence-corrected chi connectivity index (χ0v) is 18.2. The van der Waals surface area contributed by atoms with Gasteiger partial charge in [0.05, 0.1) is 5.69 Å². The molecule has 2 amide bonds. The topological polar surface area (TPSA) is 94.0 Å². The summed E-state index contributed by atoms with van der Waals surface area (Å²) in [5.74, 6) is -0.973. The molecular formula is C24H23FN4O2S. The Hall–Kier alpha value is -3.70. The standard InChI is InChI=1S/C24H23FN4O2S/c25-21-9-3-10-22(20(21)16-26)27-12-13-28-24(31)17-5-1-6-18(15-17)29-23(30)11-2-7-19-8-4-14-32-19/h1,3-6,8-10,14-15,27H,2,7,11-13H2,(H,28,31)(H,29,30). The van der Waals surface area contributed by atoms with Crippen molar-refractivity contribution in [3.05, 3.63) is 81.8 Å². The van der Waals surface area contributed by atoms with Gasteiger partial charge in [-0.15, -0.1) is 11.3 Å². The fourth-order valence-corrected chi connectivity index (χ4v) is 3.85. The number of rotatable bonds is 10. The van der Waals surface area contributed by atoms with Crippen LogP contribution in [-0.2, 0) is 11.2 Å². The molecule has 0 atom stereocenters. The number of thiophene rings is 1. The van der Waals surface area contributed by atoms with Crippen LogP contribution in [0.15, 0.2) is 60.0 Å². The Bertz CT molecular complexity index is 1110. The fraction of sp³-hybridized carbons (Fsp3) is 0.208. The van der Waals surface area contributed by atoms with Gasteiger partial charge in [0.1, 0.15) is 17.4 Å². The highest BCUT2D eigenvalue weighted by molar-refractivity contribution is 7.09. The Morgan fingerprint density at radius 1 is 1.06 bits per heavy atom. The summed E-state index contributed by atoms with van der Waals surface area (Å²) in [4.78, 5) is 25.8. The van der Waals surface area contributed by atoms with Crippen LogP contribution in [0.2, 0.25) is 0 Å². The lowest BCUT2D eigenvalue weighted by atomic mass is 10.1. The van der Waals surface area contributed by atoms with Gasteiger partial charge in [-0.2, -0.15) is 5.26 Å². The molecule has 2 aromatic carbocycles. The third kappa shape index (κ3) is 6.65. The maximum atomic E-state index is 13.6. The number of aryl methyl sites for hydroxylation is 1. The van der Waals surface area contributed by atoms with Crippen molar-refractivity contribution in [1.29, 1.82) is 5.26 Å². The fourth-order valence-electron chi connectivity index (χ4n) is 3.10. The number of halogens is 1. The van der Waals surface area contributed by atoms with Gasteiger partial charge in [-0.25, -0.2) is 4.39 Å². The van der Waals surface area contributed by atoms with E-state index in [1.165, 1.54) is 17.0 Å². The molecule has 1 aromatic heterocycles. The maximum Gasteiger partial charge on any atom is 0.251 e. The molecule has 164 valence electrons. The largest absolute Gasteiger partial charge is 0.382 e. The Labute approximate surface area is 190 Å². The average molecular weight is 451 g/mol. The molecule has 0 aliphatic heterocycles. The highest BCUT2D eigenvalue weighted by Crippen LogP contribution is 2.17. The molecule has 1 heterocycles. The predicted molar refractivity (Wildman–Crippen MR) is 124 cm³/mol. The number of carbonyl (C=O) groups is 2. The summed E-state index contributed by atoms with van der Waals surface area (Å²) in [6.45, 7) is 0.601. The summed E-state index contributed by atoms with van der Waals surface area (Å²) in [6, 6.07) is 17.0. The van der Waals surface area contributed by atoms with Gasteiger partial charge < -0.3 is 16.0 Å². The van der Waals surface area contributed by atoms with Gasteiger partial charge in [0, 0.05) is 35.6 Å². The number of benzene rings is 2. The Balaban J connectivity index is 1.44. The molecule has 0 radical (unpaired) electrons. The summed E-state index contributed by atoms with van der Waals surface area (Å²) in [6.07, 6.45) is 2.04. The minimum Gasteiger partial charge on any atom is -0.382 e. The highest BCUT2D eigenvalue weighted by Gasteiger charge is 2.09. The average Bonchev–Trinajstić information content (AvgIpc) is 3.30. The molecule has 0 unspecified atom stereocenters. The quantitative estimate of drug-likeness (QED) is 0.395. The molecule has 3 aromatic rings. The normalized spacial score (nSPS) is 10.2. The van der Waals surface area contributed by atoms with Crippen LogP contribution in [0.4, 0.5) is 15.8 Å². The molecule has 0 saturated carbocycles. The van der Waals surface area contributed by atoms with E-state index in [0.717, 1.165) is 12.8 Å². The number of anilines is 2. The van der Waals surface area contributed by atoms with Crippen molar-refractivity contribution in [2.75, 3.05) is 23.7 Å². The first-order valence-electron chi connectivity index (χ1n) is 10.2. The zero-order valence-electron chi connectivity index (χ0n) is 17.4. The molecule has 0 bridgehead atoms. The lowest BCUT2D eigenvalue weighted by Crippen LogP contribution is -2.29. The van der Waals surface area contributed by atoms with Crippen molar-refractivity contribution in [2.45, 2.75) is 19.3 Å². The third-order valence-corrected chi connectivity index (χ3v) is 5.60. The molecule has 0 aliphatic carbocycles. The number of carbonyl (C=O) groups excluding carboxylic acids is 2. The molecule has 0 spiro atoms. The van der Waals surface area contributed by atoms with E-state index in [-0.39, 0.29) is 23.9 Å². The van der Waals surface area contributed by atoms with E-state index in [0.29, 0.717) is 29.9 Å². The molecule has 3 N–H and O–H groups in total. The van der Waals surface area contributed by atoms with Crippen LogP contribution in [0.3, 0.4) is 0 Å². The number of hydrogen-bond acceptors (Lipinski definition) is 5. The van der Waals surface area contributed by atoms with Crippen LogP contribution in [-0.4, -0.2) is 24.9 Å². The summed E-state index contributed by atoms with van der Waals surface area (Å²) >= 11 is 1.68. The van der Waals surface area contributed by atoms with Gasteiger partial charge >= 0.3 is 0 Å². The zero-order chi connectivity index (χ0) is 22.8. The van der Waals surface area contributed by atoms with Gasteiger partial charge in [-0.3, -0.25) is 9.59 Å². The van der Waals surface area contributed by atoms with Gasteiger partial charge in [0.15, 0.2) is 0 Å². The molecule has 8 heteroatoms. The van der Waals surface area contributed by atoms with Crippen molar-refractivity contribution in [2.24, 2.45) is 0 Å². The van der Waals surface area contributed by atoms with Crippen LogP contribution in [0.5, 0.6) is 0 Å². The van der Waals surface area contributed by atoms with Crippen molar-refractivity contribution in [3.63, 3.8) is 0 Å². The lowest BCUT2D eigenvalue weighted by Gasteiger charge is -2.10. The first kappa shape index (κ1) is 23.0. The lowest BCUT2D eigenvalue weighted by molar-refractivity contribution is -0.116. The van der Waals surface area contributed by atoms with Crippen LogP contribution < -0.4 is 16.0 Å². The molecule has 6 nitrogen and oxygen atoms in total. The van der Waals surface area contributed by atoms with Gasteiger partial charge in [0.2, 0.25) is 5.91 Å². The van der Waals surface area contributed by atoms with Gasteiger partial charge in [0.25, 0.3) is 5.91 Å². The smallest absolute Gasteiger partial charge is 0.251 e. The van der Waals surface area contributed by atoms with Gasteiger partial charge in [-0.05, 0) is 54.6 Å². The molecule has 32 heavy (non-hydrogen) atoms. The number of nitrogens with zero attached hydrogens (tertiary/aromatic N) is 1. The van der Waals surface area contributed by atoms with E-state index in [2.05, 4.69) is 22.0 Å². The molecular weight excluding hydrogens is 427 g/mol. The Kier molecular flexibility index (Phi) is 8.35. The van der Waals surface area contributed by atoms with Crippen LogP contribution in [0.1, 0.15) is 33.6 Å². The van der Waals surface area contributed by atoms with Crippen LogP contribution in [0.25, 0.3) is 0 Å². The summed E-state index contributed by atoms with van der Waals surface area (Å²) < 4.78 is 13.6. The first-order valence-corrected chi connectivity index (χ1v) is 11.1. The highest BCUT2D eigenvalue weighted by atomic mass is 32.1. The van der Waals surface area contributed by atoms with Crippen LogP contribution in [0, 0.1) is 17.1 Å². The van der Waals surface area contributed by atoms with E-state index in [1.807, 2.05) is 17.5 Å². The second kappa shape index (κ2) is 11.6. The molecule has 3 rings (SSSR count). The number of nitrogens with one attached hydrogen (secondary N) is 3. The third-order valence-electron chi connectivity index (χ3n) is 4.67. The van der Waals surface area contributed by atoms with E-state index >= 15 is 0 Å². The minimum absolute atomic E-state index is 0.0577. The van der Waals surface area contributed by atoms with Gasteiger partial charge in [-0.1, -0.05) is 18.2 Å². The second-order valence-corrected chi connectivity index (χ2v) is 8.05. The summed E-state index contributed by atoms with van der Waals surface area (Å²) in [5, 5.41) is 19.6. The summed E-state index contributed by atoms with van der Waals surface area (Å²) in [7, 11) is 0. The number of hydrogen-bond donors (Lipinski definition) is 3.